The van der Waals surface area contributed by atoms with Gasteiger partial charge in [0.1, 0.15) is 11.6 Å². The molecule has 21 heavy (non-hydrogen) atoms. The summed E-state index contributed by atoms with van der Waals surface area (Å²) < 4.78 is 0. The minimum atomic E-state index is -0.685. The van der Waals surface area contributed by atoms with E-state index in [9.17, 15) is 9.59 Å². The first-order chi connectivity index (χ1) is 9.99. The Bertz CT molecular complexity index is 409. The Morgan fingerprint density at radius 2 is 1.95 bits per heavy atom. The molecule has 0 spiro atoms. The highest BCUT2D eigenvalue weighted by atomic mass is 32.2. The third kappa shape index (κ3) is 2.94. The van der Waals surface area contributed by atoms with Gasteiger partial charge in [-0.2, -0.15) is 11.8 Å². The lowest BCUT2D eigenvalue weighted by molar-refractivity contribution is -0.158. The van der Waals surface area contributed by atoms with Crippen molar-refractivity contribution >= 4 is 23.6 Å². The number of amides is 2. The second kappa shape index (κ2) is 6.59. The summed E-state index contributed by atoms with van der Waals surface area (Å²) in [6, 6.07) is -0.114. The smallest absolute Gasteiger partial charge is 0.249 e. The lowest BCUT2D eigenvalue weighted by atomic mass is 9.84. The van der Waals surface area contributed by atoms with Gasteiger partial charge in [0, 0.05) is 11.3 Å². The van der Waals surface area contributed by atoms with E-state index in [4.69, 9.17) is 0 Å². The van der Waals surface area contributed by atoms with Crippen molar-refractivity contribution in [3.05, 3.63) is 0 Å². The third-order valence-electron chi connectivity index (χ3n) is 5.34. The van der Waals surface area contributed by atoms with Gasteiger partial charge in [-0.15, -0.1) is 0 Å². The monoisotopic (exact) mass is 312 g/mol. The van der Waals surface area contributed by atoms with Crippen molar-refractivity contribution in [2.45, 2.75) is 82.2 Å². The van der Waals surface area contributed by atoms with E-state index in [-0.39, 0.29) is 23.9 Å². The van der Waals surface area contributed by atoms with Gasteiger partial charge < -0.3 is 10.2 Å². The maximum Gasteiger partial charge on any atom is 0.249 e. The van der Waals surface area contributed by atoms with Crippen molar-refractivity contribution in [2.24, 2.45) is 0 Å². The number of nitrogens with zero attached hydrogens (tertiary/aromatic N) is 1. The van der Waals surface area contributed by atoms with E-state index in [2.05, 4.69) is 11.6 Å². The Morgan fingerprint density at radius 1 is 1.29 bits per heavy atom. The van der Waals surface area contributed by atoms with Crippen LogP contribution in [0.15, 0.2) is 0 Å². The van der Waals surface area contributed by atoms with Gasteiger partial charge in [-0.05, 0) is 45.3 Å². The zero-order chi connectivity index (χ0) is 15.6. The molecule has 0 aromatic heterocycles. The molecule has 3 unspecified atom stereocenters. The summed E-state index contributed by atoms with van der Waals surface area (Å²) >= 11 is 1.89. The Hall–Kier alpha value is -0.710. The molecule has 2 rings (SSSR count). The lowest BCUT2D eigenvalue weighted by Crippen LogP contribution is -2.71. The van der Waals surface area contributed by atoms with Gasteiger partial charge in [-0.25, -0.2) is 0 Å². The molecule has 2 fully saturated rings. The molecule has 1 saturated heterocycles. The zero-order valence-electron chi connectivity index (χ0n) is 13.6. The number of carbonyl (C=O) groups is 2. The maximum absolute atomic E-state index is 13.1. The molecule has 1 saturated carbocycles. The molecule has 1 aliphatic carbocycles. The Kier molecular flexibility index (Phi) is 5.23. The highest BCUT2D eigenvalue weighted by Gasteiger charge is 2.49. The minimum Gasteiger partial charge on any atom is -0.340 e. The van der Waals surface area contributed by atoms with Crippen LogP contribution in [0.2, 0.25) is 0 Å². The fourth-order valence-electron chi connectivity index (χ4n) is 3.74. The van der Waals surface area contributed by atoms with Crippen molar-refractivity contribution in [1.29, 1.82) is 0 Å². The third-order valence-corrected chi connectivity index (χ3v) is 6.43. The SMILES string of the molecule is CCC1(CC)NC(=O)C(C)N(C2CCCC(SC)C2)C1=O. The standard InChI is InChI=1S/C16H28N2O2S/c1-5-16(6-2)15(20)18(11(3)14(19)17-16)12-8-7-9-13(10-12)21-4/h11-13H,5-10H2,1-4H3,(H,17,19). The highest BCUT2D eigenvalue weighted by Crippen LogP contribution is 2.34. The van der Waals surface area contributed by atoms with Crippen LogP contribution in [-0.2, 0) is 9.59 Å². The van der Waals surface area contributed by atoms with Gasteiger partial charge in [0.2, 0.25) is 11.8 Å². The molecule has 2 amide bonds. The fraction of sp³-hybridized carbons (Fsp3) is 0.875. The number of nitrogens with one attached hydrogen (secondary N) is 1. The van der Waals surface area contributed by atoms with E-state index >= 15 is 0 Å². The molecule has 0 bridgehead atoms. The summed E-state index contributed by atoms with van der Waals surface area (Å²) in [4.78, 5) is 27.3. The summed E-state index contributed by atoms with van der Waals surface area (Å²) in [5, 5.41) is 3.60. The summed E-state index contributed by atoms with van der Waals surface area (Å²) in [7, 11) is 0. The number of carbonyl (C=O) groups excluding carboxylic acids is 2. The van der Waals surface area contributed by atoms with E-state index < -0.39 is 5.54 Å². The first-order valence-corrected chi connectivity index (χ1v) is 9.45. The second-order valence-electron chi connectivity index (χ2n) is 6.35. The average molecular weight is 312 g/mol. The van der Waals surface area contributed by atoms with Crippen LogP contribution in [0.4, 0.5) is 0 Å². The molecule has 0 aromatic carbocycles. The van der Waals surface area contributed by atoms with Crippen molar-refractivity contribution in [1.82, 2.24) is 10.2 Å². The molecule has 120 valence electrons. The van der Waals surface area contributed by atoms with Gasteiger partial charge >= 0.3 is 0 Å². The van der Waals surface area contributed by atoms with Crippen LogP contribution < -0.4 is 5.32 Å². The van der Waals surface area contributed by atoms with E-state index in [0.29, 0.717) is 18.1 Å². The van der Waals surface area contributed by atoms with E-state index in [1.807, 2.05) is 37.4 Å². The second-order valence-corrected chi connectivity index (χ2v) is 7.48. The summed E-state index contributed by atoms with van der Waals surface area (Å²) in [6.45, 7) is 5.84. The predicted molar refractivity (Wildman–Crippen MR) is 87.3 cm³/mol. The van der Waals surface area contributed by atoms with Gasteiger partial charge in [-0.1, -0.05) is 20.3 Å². The zero-order valence-corrected chi connectivity index (χ0v) is 14.5. The molecule has 2 aliphatic rings. The van der Waals surface area contributed by atoms with Gasteiger partial charge in [0.15, 0.2) is 0 Å². The van der Waals surface area contributed by atoms with Crippen LogP contribution in [0.25, 0.3) is 0 Å². The van der Waals surface area contributed by atoms with Crippen molar-refractivity contribution in [3.8, 4) is 0 Å². The molecular weight excluding hydrogens is 284 g/mol. The van der Waals surface area contributed by atoms with Gasteiger partial charge in [0.05, 0.1) is 0 Å². The Labute approximate surface area is 132 Å². The minimum absolute atomic E-state index is 0.00424. The molecule has 1 N–H and O–H groups in total. The van der Waals surface area contributed by atoms with Crippen molar-refractivity contribution in [3.63, 3.8) is 0 Å². The predicted octanol–water partition coefficient (Wildman–Crippen LogP) is 2.57. The topological polar surface area (TPSA) is 49.4 Å². The van der Waals surface area contributed by atoms with Crippen LogP contribution in [0.5, 0.6) is 0 Å². The first-order valence-electron chi connectivity index (χ1n) is 8.16. The Balaban J connectivity index is 2.26. The average Bonchev–Trinajstić information content (AvgIpc) is 2.51. The fourth-order valence-corrected chi connectivity index (χ4v) is 4.56. The summed E-state index contributed by atoms with van der Waals surface area (Å²) in [5.41, 5.74) is -0.685. The normalized spacial score (nSPS) is 33.0. The first kappa shape index (κ1) is 16.7. The van der Waals surface area contributed by atoms with Crippen molar-refractivity contribution < 1.29 is 9.59 Å². The number of piperazine rings is 1. The number of hydrogen-bond donors (Lipinski definition) is 1. The summed E-state index contributed by atoms with van der Waals surface area (Å²) in [5.74, 6) is 0.135. The summed E-state index contributed by atoms with van der Waals surface area (Å²) in [6.07, 6.45) is 7.90. The van der Waals surface area contributed by atoms with Crippen LogP contribution in [-0.4, -0.2) is 45.8 Å². The lowest BCUT2D eigenvalue weighted by Gasteiger charge is -2.49. The van der Waals surface area contributed by atoms with E-state index in [1.54, 1.807) is 0 Å². The molecule has 5 heteroatoms. The van der Waals surface area contributed by atoms with Gasteiger partial charge in [-0.3, -0.25) is 9.59 Å². The molecule has 0 aromatic rings. The quantitative estimate of drug-likeness (QED) is 0.868. The number of hydrogen-bond acceptors (Lipinski definition) is 3. The van der Waals surface area contributed by atoms with E-state index in [1.165, 1.54) is 6.42 Å². The number of thioether (sulfide) groups is 1. The highest BCUT2D eigenvalue weighted by molar-refractivity contribution is 7.99. The van der Waals surface area contributed by atoms with Crippen molar-refractivity contribution in [2.75, 3.05) is 6.26 Å². The maximum atomic E-state index is 13.1. The van der Waals surface area contributed by atoms with Crippen LogP contribution in [0.1, 0.15) is 59.3 Å². The molecule has 1 aliphatic heterocycles. The van der Waals surface area contributed by atoms with Crippen LogP contribution in [0, 0.1) is 0 Å². The molecule has 4 nitrogen and oxygen atoms in total. The molecule has 3 atom stereocenters. The number of rotatable bonds is 4. The Morgan fingerprint density at radius 3 is 2.52 bits per heavy atom. The largest absolute Gasteiger partial charge is 0.340 e. The van der Waals surface area contributed by atoms with Crippen LogP contribution in [0.3, 0.4) is 0 Å². The molecular formula is C16H28N2O2S. The van der Waals surface area contributed by atoms with Crippen LogP contribution >= 0.6 is 11.8 Å². The molecule has 0 radical (unpaired) electrons. The van der Waals surface area contributed by atoms with Gasteiger partial charge in [0.25, 0.3) is 0 Å². The van der Waals surface area contributed by atoms with E-state index in [0.717, 1.165) is 19.3 Å². The molecule has 1 heterocycles.